The average molecular weight is 334 g/mol. The molecule has 0 spiro atoms. The minimum atomic E-state index is -0.825. The fourth-order valence-electron chi connectivity index (χ4n) is 4.03. The van der Waals surface area contributed by atoms with Crippen LogP contribution in [0.1, 0.15) is 85.5 Å². The van der Waals surface area contributed by atoms with Gasteiger partial charge in [0.05, 0.1) is 11.2 Å². The molecule has 0 radical (unpaired) electrons. The monoisotopic (exact) mass is 334 g/mol. The Balaban J connectivity index is 1.61. The van der Waals surface area contributed by atoms with Gasteiger partial charge in [0.1, 0.15) is 5.73 Å². The lowest BCUT2D eigenvalue weighted by molar-refractivity contribution is 0.00578. The molecule has 2 aliphatic carbocycles. The number of hydrogen-bond acceptors (Lipinski definition) is 2. The topological polar surface area (TPSA) is 18.5 Å². The third-order valence-electron chi connectivity index (χ3n) is 6.41. The first-order chi connectivity index (χ1) is 11.3. The minimum Gasteiger partial charge on any atom is -0.398 e. The standard InChI is InChI=1S/C20H32BFO2/c1-19(2)20(3,4)24-21(23-19)18(22)17-12-10-16(11-13-17)14-15-8-6-5-7-9-15/h14-15H,5-13H2,1-4H3. The van der Waals surface area contributed by atoms with Crippen LogP contribution in [-0.4, -0.2) is 18.3 Å². The van der Waals surface area contributed by atoms with Crippen LogP contribution in [0.15, 0.2) is 22.9 Å². The van der Waals surface area contributed by atoms with Gasteiger partial charge in [-0.3, -0.25) is 0 Å². The van der Waals surface area contributed by atoms with Gasteiger partial charge in [-0.25, -0.2) is 4.39 Å². The Morgan fingerprint density at radius 3 is 2.04 bits per heavy atom. The molecule has 2 nitrogen and oxygen atoms in total. The van der Waals surface area contributed by atoms with Crippen LogP contribution in [0.3, 0.4) is 0 Å². The maximum Gasteiger partial charge on any atom is 0.525 e. The number of rotatable bonds is 2. The molecule has 0 bridgehead atoms. The van der Waals surface area contributed by atoms with Crippen molar-refractivity contribution in [2.24, 2.45) is 5.92 Å². The summed E-state index contributed by atoms with van der Waals surface area (Å²) in [6, 6.07) is 0. The lowest BCUT2D eigenvalue weighted by atomic mass is 9.78. The van der Waals surface area contributed by atoms with Crippen LogP contribution in [0.4, 0.5) is 4.39 Å². The Morgan fingerprint density at radius 2 is 1.50 bits per heavy atom. The van der Waals surface area contributed by atoms with E-state index in [-0.39, 0.29) is 5.73 Å². The molecule has 4 heteroatoms. The zero-order valence-corrected chi connectivity index (χ0v) is 15.8. The first-order valence-corrected chi connectivity index (χ1v) is 9.71. The first kappa shape index (κ1) is 18.2. The Bertz CT molecular complexity index is 502. The van der Waals surface area contributed by atoms with Gasteiger partial charge in [-0.1, -0.05) is 30.9 Å². The first-order valence-electron chi connectivity index (χ1n) is 9.71. The zero-order valence-electron chi connectivity index (χ0n) is 15.8. The van der Waals surface area contributed by atoms with Gasteiger partial charge in [0.25, 0.3) is 0 Å². The summed E-state index contributed by atoms with van der Waals surface area (Å²) >= 11 is 0. The van der Waals surface area contributed by atoms with Crippen LogP contribution in [0.2, 0.25) is 0 Å². The molecule has 1 saturated heterocycles. The van der Waals surface area contributed by atoms with Crippen molar-refractivity contribution in [3.05, 3.63) is 22.9 Å². The predicted molar refractivity (Wildman–Crippen MR) is 97.3 cm³/mol. The quantitative estimate of drug-likeness (QED) is 0.461. The summed E-state index contributed by atoms with van der Waals surface area (Å²) in [5.74, 6) is 0.771. The highest BCUT2D eigenvalue weighted by Gasteiger charge is 2.53. The van der Waals surface area contributed by atoms with E-state index in [2.05, 4.69) is 6.08 Å². The molecular formula is C20H32BFO2. The Hall–Kier alpha value is -0.605. The van der Waals surface area contributed by atoms with Crippen LogP contribution >= 0.6 is 0 Å². The van der Waals surface area contributed by atoms with Gasteiger partial charge in [-0.05, 0) is 77.7 Å². The average Bonchev–Trinajstić information content (AvgIpc) is 2.76. The molecule has 1 aliphatic heterocycles. The van der Waals surface area contributed by atoms with Crippen LogP contribution in [0.25, 0.3) is 0 Å². The van der Waals surface area contributed by atoms with Crippen LogP contribution < -0.4 is 0 Å². The summed E-state index contributed by atoms with van der Waals surface area (Å²) in [5, 5.41) is 0. The Labute approximate surface area is 147 Å². The van der Waals surface area contributed by atoms with Gasteiger partial charge in [0, 0.05) is 0 Å². The third-order valence-corrected chi connectivity index (χ3v) is 6.41. The summed E-state index contributed by atoms with van der Waals surface area (Å²) in [4.78, 5) is 0. The largest absolute Gasteiger partial charge is 0.525 e. The highest BCUT2D eigenvalue weighted by molar-refractivity contribution is 6.53. The maximum atomic E-state index is 14.9. The molecule has 3 fully saturated rings. The van der Waals surface area contributed by atoms with Crippen molar-refractivity contribution in [2.75, 3.05) is 0 Å². The van der Waals surface area contributed by atoms with Gasteiger partial charge in [0.15, 0.2) is 0 Å². The van der Waals surface area contributed by atoms with E-state index < -0.39 is 18.3 Å². The van der Waals surface area contributed by atoms with Gasteiger partial charge in [0.2, 0.25) is 0 Å². The third kappa shape index (κ3) is 3.80. The number of halogens is 1. The lowest BCUT2D eigenvalue weighted by Gasteiger charge is -2.32. The molecule has 3 aliphatic rings. The van der Waals surface area contributed by atoms with Crippen LogP contribution in [0.5, 0.6) is 0 Å². The summed E-state index contributed by atoms with van der Waals surface area (Å²) in [6.45, 7) is 7.88. The van der Waals surface area contributed by atoms with E-state index in [4.69, 9.17) is 9.31 Å². The van der Waals surface area contributed by atoms with E-state index in [1.165, 1.54) is 37.7 Å². The summed E-state index contributed by atoms with van der Waals surface area (Å²) in [7, 11) is -0.825. The number of allylic oxidation sites excluding steroid dienone is 3. The molecule has 134 valence electrons. The highest BCUT2D eigenvalue weighted by atomic mass is 19.1. The van der Waals surface area contributed by atoms with Crippen LogP contribution in [0, 0.1) is 5.92 Å². The van der Waals surface area contributed by atoms with E-state index in [0.717, 1.165) is 37.2 Å². The zero-order chi connectivity index (χ0) is 17.4. The van der Waals surface area contributed by atoms with E-state index in [9.17, 15) is 4.39 Å². The fraction of sp³-hybridized carbons (Fsp3) is 0.800. The van der Waals surface area contributed by atoms with Gasteiger partial charge in [-0.15, -0.1) is 0 Å². The van der Waals surface area contributed by atoms with E-state index >= 15 is 0 Å². The van der Waals surface area contributed by atoms with Crippen molar-refractivity contribution < 1.29 is 13.7 Å². The smallest absolute Gasteiger partial charge is 0.398 e. The van der Waals surface area contributed by atoms with Crippen molar-refractivity contribution in [2.45, 2.75) is 96.7 Å². The second kappa shape index (κ2) is 6.95. The van der Waals surface area contributed by atoms with E-state index in [0.29, 0.717) is 0 Å². The summed E-state index contributed by atoms with van der Waals surface area (Å²) < 4.78 is 26.6. The molecule has 2 saturated carbocycles. The normalized spacial score (nSPS) is 27.5. The van der Waals surface area contributed by atoms with E-state index in [1.54, 1.807) is 0 Å². The molecule has 1 heterocycles. The lowest BCUT2D eigenvalue weighted by Crippen LogP contribution is -2.41. The molecule has 0 atom stereocenters. The second-order valence-corrected chi connectivity index (χ2v) is 8.76. The second-order valence-electron chi connectivity index (χ2n) is 8.76. The maximum absolute atomic E-state index is 14.9. The van der Waals surface area contributed by atoms with Crippen molar-refractivity contribution in [1.82, 2.24) is 0 Å². The van der Waals surface area contributed by atoms with Gasteiger partial charge >= 0.3 is 7.12 Å². The Kier molecular flexibility index (Phi) is 5.27. The Morgan fingerprint density at radius 1 is 0.958 bits per heavy atom. The molecule has 0 aromatic rings. The molecule has 0 N–H and O–H groups in total. The molecular weight excluding hydrogens is 302 g/mol. The predicted octanol–water partition coefficient (Wildman–Crippen LogP) is 5.92. The van der Waals surface area contributed by atoms with Gasteiger partial charge in [-0.2, -0.15) is 0 Å². The summed E-state index contributed by atoms with van der Waals surface area (Å²) in [5.41, 5.74) is 1.30. The molecule has 0 aromatic heterocycles. The van der Waals surface area contributed by atoms with Gasteiger partial charge < -0.3 is 9.31 Å². The molecule has 3 rings (SSSR count). The fourth-order valence-corrected chi connectivity index (χ4v) is 4.03. The number of hydrogen-bond donors (Lipinski definition) is 0. The summed E-state index contributed by atoms with van der Waals surface area (Å²) in [6.07, 6.45) is 12.9. The molecule has 0 amide bonds. The molecule has 0 unspecified atom stereocenters. The highest BCUT2D eigenvalue weighted by Crippen LogP contribution is 2.41. The molecule has 0 aromatic carbocycles. The minimum absolute atomic E-state index is 0.176. The van der Waals surface area contributed by atoms with E-state index in [1.807, 2.05) is 27.7 Å². The van der Waals surface area contributed by atoms with Crippen molar-refractivity contribution in [3.63, 3.8) is 0 Å². The molecule has 24 heavy (non-hydrogen) atoms. The van der Waals surface area contributed by atoms with Crippen molar-refractivity contribution in [3.8, 4) is 0 Å². The van der Waals surface area contributed by atoms with Crippen molar-refractivity contribution >= 4 is 7.12 Å². The van der Waals surface area contributed by atoms with Crippen molar-refractivity contribution in [1.29, 1.82) is 0 Å². The van der Waals surface area contributed by atoms with Crippen LogP contribution in [-0.2, 0) is 9.31 Å². The SMILES string of the molecule is CC1(C)OB(C(F)=C2CCC(=CC3CCCCC3)CC2)OC1(C)C.